The molecule has 0 bridgehead atoms. The molecule has 1 N–H and O–H groups in total. The molecule has 0 aliphatic rings. The first-order valence-corrected chi connectivity index (χ1v) is 7.40. The van der Waals surface area contributed by atoms with E-state index in [9.17, 15) is 8.78 Å². The molecule has 21 heavy (non-hydrogen) atoms. The normalized spacial score (nSPS) is 11.0. The Hall–Kier alpha value is -1.46. The van der Waals surface area contributed by atoms with Gasteiger partial charge < -0.3 is 10.1 Å². The van der Waals surface area contributed by atoms with Crippen molar-refractivity contribution >= 4 is 15.9 Å². The predicted molar refractivity (Wildman–Crippen MR) is 82.5 cm³/mol. The van der Waals surface area contributed by atoms with E-state index in [1.54, 1.807) is 6.07 Å². The molecule has 0 amide bonds. The highest BCUT2D eigenvalue weighted by Gasteiger charge is 2.12. The predicted octanol–water partition coefficient (Wildman–Crippen LogP) is 5.02. The highest BCUT2D eigenvalue weighted by molar-refractivity contribution is 9.10. The average Bonchev–Trinajstić information content (AvgIpc) is 2.43. The van der Waals surface area contributed by atoms with Crippen molar-refractivity contribution in [3.8, 4) is 11.5 Å². The molecule has 0 atom stereocenters. The van der Waals surface area contributed by atoms with Crippen LogP contribution < -0.4 is 10.1 Å². The molecule has 112 valence electrons. The second-order valence-electron chi connectivity index (χ2n) is 4.94. The summed E-state index contributed by atoms with van der Waals surface area (Å²) in [5.41, 5.74) is 0.871. The van der Waals surface area contributed by atoms with Crippen molar-refractivity contribution in [2.75, 3.05) is 0 Å². The van der Waals surface area contributed by atoms with Gasteiger partial charge in [-0.05, 0) is 24.3 Å². The minimum absolute atomic E-state index is 0.126. The third-order valence-corrected chi connectivity index (χ3v) is 3.36. The van der Waals surface area contributed by atoms with Crippen LogP contribution in [0.5, 0.6) is 11.5 Å². The van der Waals surface area contributed by atoms with Crippen LogP contribution in [0.4, 0.5) is 8.78 Å². The van der Waals surface area contributed by atoms with Crippen molar-refractivity contribution < 1.29 is 13.5 Å². The molecule has 0 spiro atoms. The van der Waals surface area contributed by atoms with E-state index < -0.39 is 11.6 Å². The Morgan fingerprint density at radius 2 is 1.90 bits per heavy atom. The maximum absolute atomic E-state index is 13.7. The summed E-state index contributed by atoms with van der Waals surface area (Å²) in [5.74, 6) is -1.55. The van der Waals surface area contributed by atoms with Crippen LogP contribution in [0.1, 0.15) is 19.4 Å². The van der Waals surface area contributed by atoms with Gasteiger partial charge in [0, 0.05) is 22.6 Å². The summed E-state index contributed by atoms with van der Waals surface area (Å²) >= 11 is 3.35. The van der Waals surface area contributed by atoms with Gasteiger partial charge in [-0.25, -0.2) is 4.39 Å². The molecule has 0 aromatic heterocycles. The van der Waals surface area contributed by atoms with E-state index in [4.69, 9.17) is 4.74 Å². The Balaban J connectivity index is 2.29. The topological polar surface area (TPSA) is 21.3 Å². The Morgan fingerprint density at radius 3 is 2.62 bits per heavy atom. The fourth-order valence-electron chi connectivity index (χ4n) is 1.76. The Kier molecular flexibility index (Phi) is 5.31. The van der Waals surface area contributed by atoms with Crippen LogP contribution in [0.25, 0.3) is 0 Å². The van der Waals surface area contributed by atoms with Crippen LogP contribution in [0.2, 0.25) is 0 Å². The minimum Gasteiger partial charge on any atom is -0.454 e. The third kappa shape index (κ3) is 4.25. The van der Waals surface area contributed by atoms with Gasteiger partial charge in [-0.15, -0.1) is 0 Å². The van der Waals surface area contributed by atoms with E-state index >= 15 is 0 Å². The van der Waals surface area contributed by atoms with Gasteiger partial charge in [0.15, 0.2) is 11.6 Å². The summed E-state index contributed by atoms with van der Waals surface area (Å²) in [5, 5.41) is 3.27. The van der Waals surface area contributed by atoms with Crippen molar-refractivity contribution in [2.24, 2.45) is 0 Å². The lowest BCUT2D eigenvalue weighted by Gasteiger charge is -2.14. The molecule has 0 aliphatic carbocycles. The molecule has 5 heteroatoms. The first kappa shape index (κ1) is 15.9. The van der Waals surface area contributed by atoms with Crippen molar-refractivity contribution in [3.63, 3.8) is 0 Å². The first-order chi connectivity index (χ1) is 9.97. The summed E-state index contributed by atoms with van der Waals surface area (Å²) < 4.78 is 33.3. The Bertz CT molecular complexity index is 632. The number of benzene rings is 2. The van der Waals surface area contributed by atoms with Crippen molar-refractivity contribution in [2.45, 2.75) is 26.4 Å². The van der Waals surface area contributed by atoms with Crippen molar-refractivity contribution in [3.05, 3.63) is 58.1 Å². The lowest BCUT2D eigenvalue weighted by atomic mass is 10.2. The van der Waals surface area contributed by atoms with E-state index in [-0.39, 0.29) is 5.75 Å². The van der Waals surface area contributed by atoms with Crippen molar-refractivity contribution in [1.29, 1.82) is 0 Å². The maximum Gasteiger partial charge on any atom is 0.201 e. The molecule has 2 aromatic rings. The van der Waals surface area contributed by atoms with Gasteiger partial charge in [0.2, 0.25) is 5.82 Å². The Morgan fingerprint density at radius 1 is 1.14 bits per heavy atom. The summed E-state index contributed by atoms with van der Waals surface area (Å²) in [6.07, 6.45) is 0. The maximum atomic E-state index is 13.7. The number of hydrogen-bond acceptors (Lipinski definition) is 2. The number of rotatable bonds is 5. The number of ether oxygens (including phenoxy) is 1. The number of nitrogens with one attached hydrogen (secondary N) is 1. The zero-order chi connectivity index (χ0) is 15.4. The lowest BCUT2D eigenvalue weighted by Crippen LogP contribution is -2.22. The monoisotopic (exact) mass is 355 g/mol. The van der Waals surface area contributed by atoms with Crippen molar-refractivity contribution in [1.82, 2.24) is 5.32 Å². The highest BCUT2D eigenvalue weighted by atomic mass is 79.9. The van der Waals surface area contributed by atoms with Gasteiger partial charge in [0.25, 0.3) is 0 Å². The quantitative estimate of drug-likeness (QED) is 0.813. The van der Waals surface area contributed by atoms with Gasteiger partial charge in [-0.2, -0.15) is 4.39 Å². The van der Waals surface area contributed by atoms with Crippen LogP contribution >= 0.6 is 15.9 Å². The zero-order valence-electron chi connectivity index (χ0n) is 11.8. The van der Waals surface area contributed by atoms with Gasteiger partial charge >= 0.3 is 0 Å². The third-order valence-electron chi connectivity index (χ3n) is 2.87. The molecular weight excluding hydrogens is 340 g/mol. The number of halogens is 3. The highest BCUT2D eigenvalue weighted by Crippen LogP contribution is 2.31. The van der Waals surface area contributed by atoms with Crippen LogP contribution in [-0.2, 0) is 6.54 Å². The SMILES string of the molecule is CC(C)NCc1ccc(Br)cc1Oc1cccc(F)c1F. The fraction of sp³-hybridized carbons (Fsp3) is 0.250. The molecule has 2 aromatic carbocycles. The van der Waals surface area contributed by atoms with Crippen LogP contribution in [-0.4, -0.2) is 6.04 Å². The molecular formula is C16H16BrF2NO. The average molecular weight is 356 g/mol. The molecule has 0 heterocycles. The van der Waals surface area contributed by atoms with Crippen LogP contribution in [0.15, 0.2) is 40.9 Å². The Labute approximate surface area is 131 Å². The smallest absolute Gasteiger partial charge is 0.201 e. The minimum atomic E-state index is -0.986. The lowest BCUT2D eigenvalue weighted by molar-refractivity contribution is 0.410. The molecule has 0 aliphatic heterocycles. The second kappa shape index (κ2) is 7.00. The van der Waals surface area contributed by atoms with Crippen LogP contribution in [0, 0.1) is 11.6 Å². The van der Waals surface area contributed by atoms with Gasteiger partial charge in [-0.1, -0.05) is 41.9 Å². The van der Waals surface area contributed by atoms with E-state index in [2.05, 4.69) is 21.2 Å². The van der Waals surface area contributed by atoms with Gasteiger partial charge in [0.1, 0.15) is 5.75 Å². The number of hydrogen-bond donors (Lipinski definition) is 1. The van der Waals surface area contributed by atoms with Gasteiger partial charge in [0.05, 0.1) is 0 Å². The molecule has 0 saturated heterocycles. The summed E-state index contributed by atoms with van der Waals surface area (Å²) in [7, 11) is 0. The first-order valence-electron chi connectivity index (χ1n) is 6.61. The zero-order valence-corrected chi connectivity index (χ0v) is 13.4. The fourth-order valence-corrected chi connectivity index (χ4v) is 2.10. The van der Waals surface area contributed by atoms with E-state index in [1.165, 1.54) is 12.1 Å². The van der Waals surface area contributed by atoms with E-state index in [1.807, 2.05) is 26.0 Å². The molecule has 0 radical (unpaired) electrons. The molecule has 0 fully saturated rings. The standard InChI is InChI=1S/C16H16BrF2NO/c1-10(2)20-9-11-6-7-12(17)8-15(11)21-14-5-3-4-13(18)16(14)19/h3-8,10,20H,9H2,1-2H3. The summed E-state index contributed by atoms with van der Waals surface area (Å²) in [6, 6.07) is 9.69. The summed E-state index contributed by atoms with van der Waals surface area (Å²) in [6.45, 7) is 4.65. The molecule has 0 saturated carbocycles. The van der Waals surface area contributed by atoms with E-state index in [0.29, 0.717) is 18.3 Å². The van der Waals surface area contributed by atoms with Gasteiger partial charge in [-0.3, -0.25) is 0 Å². The largest absolute Gasteiger partial charge is 0.454 e. The molecule has 0 unspecified atom stereocenters. The van der Waals surface area contributed by atoms with Crippen LogP contribution in [0.3, 0.4) is 0 Å². The molecule has 2 rings (SSSR count). The van der Waals surface area contributed by atoms with E-state index in [0.717, 1.165) is 16.1 Å². The molecule has 2 nitrogen and oxygen atoms in total. The summed E-state index contributed by atoms with van der Waals surface area (Å²) in [4.78, 5) is 0. The second-order valence-corrected chi connectivity index (χ2v) is 5.86.